The Morgan fingerprint density at radius 3 is 1.86 bits per heavy atom. The highest BCUT2D eigenvalue weighted by molar-refractivity contribution is 5.68. The van der Waals surface area contributed by atoms with Crippen molar-refractivity contribution in [1.29, 1.82) is 0 Å². The summed E-state index contributed by atoms with van der Waals surface area (Å²) < 4.78 is 0. The maximum absolute atomic E-state index is 9.43. The molecule has 0 unspecified atom stereocenters. The quantitative estimate of drug-likeness (QED) is 0.740. The van der Waals surface area contributed by atoms with E-state index in [1.165, 1.54) is 16.7 Å². The Morgan fingerprint density at radius 1 is 0.591 bits per heavy atom. The third kappa shape index (κ3) is 3.29. The Kier molecular flexibility index (Phi) is 4.10. The van der Waals surface area contributed by atoms with E-state index < -0.39 is 0 Å². The van der Waals surface area contributed by atoms with Crippen molar-refractivity contribution in [3.8, 4) is 22.6 Å². The van der Waals surface area contributed by atoms with Crippen LogP contribution in [0.2, 0.25) is 0 Å². The van der Waals surface area contributed by atoms with Crippen molar-refractivity contribution in [2.24, 2.45) is 0 Å². The van der Waals surface area contributed by atoms with Gasteiger partial charge in [-0.1, -0.05) is 48.5 Å². The molecule has 3 aromatic rings. The molecule has 0 saturated heterocycles. The van der Waals surface area contributed by atoms with E-state index in [9.17, 15) is 10.2 Å². The molecule has 0 amide bonds. The minimum Gasteiger partial charge on any atom is -0.508 e. The third-order valence-corrected chi connectivity index (χ3v) is 3.82. The average Bonchev–Trinajstić information content (AvgIpc) is 2.55. The minimum absolute atomic E-state index is 0.283. The highest BCUT2D eigenvalue weighted by atomic mass is 16.3. The maximum atomic E-state index is 9.43. The fraction of sp³-hybridized carbons (Fsp3) is 0.100. The lowest BCUT2D eigenvalue weighted by molar-refractivity contribution is 0.474. The first-order chi connectivity index (χ1) is 10.7. The van der Waals surface area contributed by atoms with Crippen LogP contribution in [-0.4, -0.2) is 10.2 Å². The highest BCUT2D eigenvalue weighted by Crippen LogP contribution is 2.26. The lowest BCUT2D eigenvalue weighted by atomic mass is 9.95. The van der Waals surface area contributed by atoms with Crippen molar-refractivity contribution in [2.75, 3.05) is 0 Å². The molecule has 0 heterocycles. The number of rotatable bonds is 4. The van der Waals surface area contributed by atoms with E-state index in [2.05, 4.69) is 18.2 Å². The Labute approximate surface area is 130 Å². The Bertz CT molecular complexity index is 743. The summed E-state index contributed by atoms with van der Waals surface area (Å²) in [5.41, 5.74) is 4.79. The second-order valence-electron chi connectivity index (χ2n) is 5.37. The van der Waals surface area contributed by atoms with E-state index in [0.717, 1.165) is 18.4 Å². The summed E-state index contributed by atoms with van der Waals surface area (Å²) in [4.78, 5) is 0. The number of phenolic OH excluding ortho intramolecular Hbond substituents is 2. The topological polar surface area (TPSA) is 40.5 Å². The van der Waals surface area contributed by atoms with Gasteiger partial charge in [-0.05, 0) is 59.4 Å². The lowest BCUT2D eigenvalue weighted by Gasteiger charge is -2.10. The first-order valence-electron chi connectivity index (χ1n) is 7.37. The van der Waals surface area contributed by atoms with Gasteiger partial charge in [0.2, 0.25) is 0 Å². The molecule has 0 bridgehead atoms. The van der Waals surface area contributed by atoms with Crippen LogP contribution >= 0.6 is 0 Å². The van der Waals surface area contributed by atoms with Gasteiger partial charge < -0.3 is 10.2 Å². The molecule has 0 aliphatic heterocycles. The van der Waals surface area contributed by atoms with Gasteiger partial charge in [0.25, 0.3) is 0 Å². The molecule has 0 spiro atoms. The Balaban J connectivity index is 1.82. The SMILES string of the molecule is Oc1ccc(CCc2ccccc2-c2ccc(O)cc2)cc1. The van der Waals surface area contributed by atoms with Crippen molar-refractivity contribution >= 4 is 0 Å². The van der Waals surface area contributed by atoms with Crippen LogP contribution in [0.25, 0.3) is 11.1 Å². The van der Waals surface area contributed by atoms with Crippen molar-refractivity contribution < 1.29 is 10.2 Å². The average molecular weight is 290 g/mol. The summed E-state index contributed by atoms with van der Waals surface area (Å²) >= 11 is 0. The molecular weight excluding hydrogens is 272 g/mol. The summed E-state index contributed by atoms with van der Waals surface area (Å²) in [6.07, 6.45) is 1.86. The van der Waals surface area contributed by atoms with E-state index in [0.29, 0.717) is 5.75 Å². The molecule has 3 rings (SSSR count). The zero-order valence-electron chi connectivity index (χ0n) is 12.2. The number of hydrogen-bond acceptors (Lipinski definition) is 2. The van der Waals surface area contributed by atoms with Gasteiger partial charge in [0.1, 0.15) is 11.5 Å². The normalized spacial score (nSPS) is 10.5. The standard InChI is InChI=1S/C20H18O2/c21-18-11-6-15(7-12-18)5-8-16-3-1-2-4-20(16)17-9-13-19(22)14-10-17/h1-4,6-7,9-14,21-22H,5,8H2. The van der Waals surface area contributed by atoms with Crippen molar-refractivity contribution in [1.82, 2.24) is 0 Å². The third-order valence-electron chi connectivity index (χ3n) is 3.82. The van der Waals surface area contributed by atoms with Gasteiger partial charge in [-0.3, -0.25) is 0 Å². The molecule has 0 atom stereocenters. The van der Waals surface area contributed by atoms with Crippen LogP contribution in [0.5, 0.6) is 11.5 Å². The van der Waals surface area contributed by atoms with Crippen molar-refractivity contribution in [3.05, 3.63) is 83.9 Å². The van der Waals surface area contributed by atoms with Crippen LogP contribution in [0.4, 0.5) is 0 Å². The van der Waals surface area contributed by atoms with Gasteiger partial charge in [0, 0.05) is 0 Å². The van der Waals surface area contributed by atoms with Crippen LogP contribution in [0.3, 0.4) is 0 Å². The molecule has 2 nitrogen and oxygen atoms in total. The van der Waals surface area contributed by atoms with Crippen molar-refractivity contribution in [3.63, 3.8) is 0 Å². The van der Waals surface area contributed by atoms with E-state index in [4.69, 9.17) is 0 Å². The second kappa shape index (κ2) is 6.35. The maximum Gasteiger partial charge on any atom is 0.115 e. The van der Waals surface area contributed by atoms with E-state index in [-0.39, 0.29) is 5.75 Å². The van der Waals surface area contributed by atoms with Crippen molar-refractivity contribution in [2.45, 2.75) is 12.8 Å². The van der Waals surface area contributed by atoms with Gasteiger partial charge >= 0.3 is 0 Å². The Morgan fingerprint density at radius 2 is 1.18 bits per heavy atom. The highest BCUT2D eigenvalue weighted by Gasteiger charge is 2.05. The lowest BCUT2D eigenvalue weighted by Crippen LogP contribution is -1.94. The monoisotopic (exact) mass is 290 g/mol. The van der Waals surface area contributed by atoms with Crippen LogP contribution in [0, 0.1) is 0 Å². The number of phenols is 2. The molecule has 2 heteroatoms. The van der Waals surface area contributed by atoms with Gasteiger partial charge in [-0.2, -0.15) is 0 Å². The molecule has 110 valence electrons. The van der Waals surface area contributed by atoms with Gasteiger partial charge in [-0.25, -0.2) is 0 Å². The molecule has 0 aromatic heterocycles. The first kappa shape index (κ1) is 14.2. The zero-order chi connectivity index (χ0) is 15.4. The molecule has 0 fully saturated rings. The predicted octanol–water partition coefficient (Wildman–Crippen LogP) is 4.55. The molecule has 0 radical (unpaired) electrons. The number of aromatic hydroxyl groups is 2. The summed E-state index contributed by atoms with van der Waals surface area (Å²) in [5, 5.41) is 18.8. The first-order valence-corrected chi connectivity index (χ1v) is 7.37. The summed E-state index contributed by atoms with van der Waals surface area (Å²) in [6.45, 7) is 0. The molecule has 3 aromatic carbocycles. The molecule has 2 N–H and O–H groups in total. The molecular formula is C20H18O2. The van der Waals surface area contributed by atoms with Gasteiger partial charge in [0.15, 0.2) is 0 Å². The molecule has 0 aliphatic rings. The largest absolute Gasteiger partial charge is 0.508 e. The number of hydrogen-bond donors (Lipinski definition) is 2. The van der Waals surface area contributed by atoms with E-state index >= 15 is 0 Å². The van der Waals surface area contributed by atoms with Crippen LogP contribution in [-0.2, 0) is 12.8 Å². The van der Waals surface area contributed by atoms with Gasteiger partial charge in [-0.15, -0.1) is 0 Å². The smallest absolute Gasteiger partial charge is 0.115 e. The molecule has 22 heavy (non-hydrogen) atoms. The minimum atomic E-state index is 0.283. The van der Waals surface area contributed by atoms with Crippen LogP contribution in [0.15, 0.2) is 72.8 Å². The second-order valence-corrected chi connectivity index (χ2v) is 5.37. The van der Waals surface area contributed by atoms with Crippen LogP contribution < -0.4 is 0 Å². The number of benzene rings is 3. The van der Waals surface area contributed by atoms with Gasteiger partial charge in [0.05, 0.1) is 0 Å². The van der Waals surface area contributed by atoms with E-state index in [1.54, 1.807) is 24.3 Å². The Hall–Kier alpha value is -2.74. The van der Waals surface area contributed by atoms with E-state index in [1.807, 2.05) is 30.3 Å². The van der Waals surface area contributed by atoms with Crippen LogP contribution in [0.1, 0.15) is 11.1 Å². The summed E-state index contributed by atoms with van der Waals surface area (Å²) in [5.74, 6) is 0.582. The predicted molar refractivity (Wildman–Crippen MR) is 89.1 cm³/mol. The zero-order valence-corrected chi connectivity index (χ0v) is 12.2. The molecule has 0 aliphatic carbocycles. The summed E-state index contributed by atoms with van der Waals surface area (Å²) in [7, 11) is 0. The number of aryl methyl sites for hydroxylation is 2. The summed E-state index contributed by atoms with van der Waals surface area (Å²) in [6, 6.07) is 23.0. The fourth-order valence-corrected chi connectivity index (χ4v) is 2.60. The fourth-order valence-electron chi connectivity index (χ4n) is 2.60. The molecule has 0 saturated carbocycles.